The number of benzene rings is 2. The van der Waals surface area contributed by atoms with Crippen LogP contribution in [0.5, 0.6) is 0 Å². The van der Waals surface area contributed by atoms with Crippen LogP contribution in [0.4, 0.5) is 5.69 Å². The predicted molar refractivity (Wildman–Crippen MR) is 99.5 cm³/mol. The Labute approximate surface area is 152 Å². The van der Waals surface area contributed by atoms with Crippen molar-refractivity contribution < 1.29 is 23.1 Å². The molecule has 2 aromatic carbocycles. The average Bonchev–Trinajstić information content (AvgIpc) is 2.61. The summed E-state index contributed by atoms with van der Waals surface area (Å²) >= 11 is 0. The fourth-order valence-electron chi connectivity index (χ4n) is 2.35. The van der Waals surface area contributed by atoms with Crippen LogP contribution in [0.3, 0.4) is 0 Å². The normalized spacial score (nSPS) is 11.2. The lowest BCUT2D eigenvalue weighted by Gasteiger charge is -2.10. The summed E-state index contributed by atoms with van der Waals surface area (Å²) < 4.78 is 24.3. The number of carboxylic acid groups (broad SMARTS) is 1. The van der Waals surface area contributed by atoms with E-state index in [1.165, 1.54) is 36.4 Å². The number of rotatable bonds is 7. The summed E-state index contributed by atoms with van der Waals surface area (Å²) in [4.78, 5) is 23.6. The van der Waals surface area contributed by atoms with Gasteiger partial charge in [0.15, 0.2) is 9.84 Å². The number of amides is 1. The summed E-state index contributed by atoms with van der Waals surface area (Å²) in [5.41, 5.74) is 1.49. The molecule has 26 heavy (non-hydrogen) atoms. The lowest BCUT2D eigenvalue weighted by molar-refractivity contribution is 0.0696. The molecule has 0 fully saturated rings. The maximum Gasteiger partial charge on any atom is 0.335 e. The molecule has 1 amide bonds. The summed E-state index contributed by atoms with van der Waals surface area (Å²) in [5, 5.41) is 11.7. The lowest BCUT2D eigenvalue weighted by Crippen LogP contribution is -2.14. The minimum atomic E-state index is -3.34. The van der Waals surface area contributed by atoms with Crippen molar-refractivity contribution in [1.29, 1.82) is 0 Å². The van der Waals surface area contributed by atoms with Crippen molar-refractivity contribution in [2.24, 2.45) is 0 Å². The first-order valence-corrected chi connectivity index (χ1v) is 9.88. The van der Waals surface area contributed by atoms with Crippen LogP contribution in [0.15, 0.2) is 47.4 Å². The van der Waals surface area contributed by atoms with E-state index in [1.54, 1.807) is 13.0 Å². The standard InChI is InChI=1S/C19H21NO5S/c1-3-4-11-26(24,25)16-9-7-14(8-10-16)18(21)20-17-12-15(19(22)23)6-5-13(17)2/h5-10,12H,3-4,11H2,1-2H3,(H,20,21)(H,22,23). The van der Waals surface area contributed by atoms with Gasteiger partial charge >= 0.3 is 5.97 Å². The zero-order valence-corrected chi connectivity index (χ0v) is 15.5. The monoisotopic (exact) mass is 375 g/mol. The Morgan fingerprint density at radius 3 is 2.23 bits per heavy atom. The van der Waals surface area contributed by atoms with Gasteiger partial charge in [0.05, 0.1) is 16.2 Å². The maximum absolute atomic E-state index is 12.4. The van der Waals surface area contributed by atoms with Crippen LogP contribution in [0.2, 0.25) is 0 Å². The van der Waals surface area contributed by atoms with E-state index in [0.29, 0.717) is 17.7 Å². The quantitative estimate of drug-likeness (QED) is 0.771. The molecule has 7 heteroatoms. The number of aryl methyl sites for hydroxylation is 1. The van der Waals surface area contributed by atoms with E-state index in [2.05, 4.69) is 5.32 Å². The molecular weight excluding hydrogens is 354 g/mol. The molecule has 138 valence electrons. The van der Waals surface area contributed by atoms with Gasteiger partial charge in [-0.2, -0.15) is 0 Å². The van der Waals surface area contributed by atoms with Crippen LogP contribution in [0, 0.1) is 6.92 Å². The van der Waals surface area contributed by atoms with Gasteiger partial charge in [-0.3, -0.25) is 4.79 Å². The van der Waals surface area contributed by atoms with Crippen LogP contribution >= 0.6 is 0 Å². The molecule has 0 atom stereocenters. The highest BCUT2D eigenvalue weighted by Gasteiger charge is 2.15. The number of nitrogens with one attached hydrogen (secondary N) is 1. The third kappa shape index (κ3) is 4.70. The summed E-state index contributed by atoms with van der Waals surface area (Å²) in [5.74, 6) is -1.44. The van der Waals surface area contributed by atoms with Gasteiger partial charge in [-0.15, -0.1) is 0 Å². The molecule has 6 nitrogen and oxygen atoms in total. The molecule has 0 radical (unpaired) electrons. The number of unbranched alkanes of at least 4 members (excludes halogenated alkanes) is 1. The summed E-state index contributed by atoms with van der Waals surface area (Å²) in [7, 11) is -3.34. The Hall–Kier alpha value is -2.67. The fourth-order valence-corrected chi connectivity index (χ4v) is 3.81. The van der Waals surface area contributed by atoms with Crippen LogP contribution in [-0.4, -0.2) is 31.2 Å². The van der Waals surface area contributed by atoms with Gasteiger partial charge in [0, 0.05) is 11.3 Å². The van der Waals surface area contributed by atoms with Gasteiger partial charge in [-0.1, -0.05) is 19.4 Å². The highest BCUT2D eigenvalue weighted by atomic mass is 32.2. The highest BCUT2D eigenvalue weighted by molar-refractivity contribution is 7.91. The van der Waals surface area contributed by atoms with Gasteiger partial charge in [0.2, 0.25) is 0 Å². The third-order valence-corrected chi connectivity index (χ3v) is 5.79. The summed E-state index contributed by atoms with van der Waals surface area (Å²) in [6, 6.07) is 10.2. The molecule has 0 aliphatic carbocycles. The number of carboxylic acids is 1. The molecule has 2 rings (SSSR count). The smallest absolute Gasteiger partial charge is 0.335 e. The van der Waals surface area contributed by atoms with Gasteiger partial charge < -0.3 is 10.4 Å². The molecule has 0 aromatic heterocycles. The van der Waals surface area contributed by atoms with Crippen molar-refractivity contribution in [2.45, 2.75) is 31.6 Å². The van der Waals surface area contributed by atoms with Gasteiger partial charge in [0.1, 0.15) is 0 Å². The molecule has 0 aliphatic rings. The molecule has 0 saturated heterocycles. The number of sulfone groups is 1. The predicted octanol–water partition coefficient (Wildman–Crippen LogP) is 3.52. The number of anilines is 1. The second kappa shape index (κ2) is 8.14. The van der Waals surface area contributed by atoms with Gasteiger partial charge in [-0.25, -0.2) is 13.2 Å². The Bertz CT molecular complexity index is 917. The first kappa shape index (κ1) is 19.7. The molecule has 0 saturated carbocycles. The van der Waals surface area contributed by atoms with E-state index < -0.39 is 21.7 Å². The fraction of sp³-hybridized carbons (Fsp3) is 0.263. The van der Waals surface area contributed by atoms with Crippen molar-refractivity contribution in [3.8, 4) is 0 Å². The Kier molecular flexibility index (Phi) is 6.15. The largest absolute Gasteiger partial charge is 0.478 e. The SMILES string of the molecule is CCCCS(=O)(=O)c1ccc(C(=O)Nc2cc(C(=O)O)ccc2C)cc1. The zero-order valence-electron chi connectivity index (χ0n) is 14.7. The van der Waals surface area contributed by atoms with E-state index in [4.69, 9.17) is 5.11 Å². The molecule has 2 N–H and O–H groups in total. The number of carbonyl (C=O) groups excluding carboxylic acids is 1. The molecule has 0 spiro atoms. The highest BCUT2D eigenvalue weighted by Crippen LogP contribution is 2.19. The van der Waals surface area contributed by atoms with Gasteiger partial charge in [-0.05, 0) is 55.3 Å². The second-order valence-corrected chi connectivity index (χ2v) is 8.09. The van der Waals surface area contributed by atoms with E-state index in [1.807, 2.05) is 6.92 Å². The molecular formula is C19H21NO5S. The van der Waals surface area contributed by atoms with Crippen molar-refractivity contribution in [2.75, 3.05) is 11.1 Å². The number of hydrogen-bond acceptors (Lipinski definition) is 4. The third-order valence-electron chi connectivity index (χ3n) is 3.97. The van der Waals surface area contributed by atoms with E-state index >= 15 is 0 Å². The van der Waals surface area contributed by atoms with Gasteiger partial charge in [0.25, 0.3) is 5.91 Å². The van der Waals surface area contributed by atoms with Crippen molar-refractivity contribution >= 4 is 27.4 Å². The van der Waals surface area contributed by atoms with Crippen LogP contribution in [0.1, 0.15) is 46.0 Å². The Morgan fingerprint density at radius 1 is 1.04 bits per heavy atom. The maximum atomic E-state index is 12.4. The van der Waals surface area contributed by atoms with E-state index in [0.717, 1.165) is 12.0 Å². The zero-order chi connectivity index (χ0) is 19.3. The molecule has 0 aliphatic heterocycles. The number of aromatic carboxylic acids is 1. The lowest BCUT2D eigenvalue weighted by atomic mass is 10.1. The Morgan fingerprint density at radius 2 is 1.65 bits per heavy atom. The molecule has 0 bridgehead atoms. The molecule has 0 heterocycles. The van der Waals surface area contributed by atoms with E-state index in [-0.39, 0.29) is 16.2 Å². The van der Waals surface area contributed by atoms with Crippen molar-refractivity contribution in [3.63, 3.8) is 0 Å². The topological polar surface area (TPSA) is 101 Å². The molecule has 2 aromatic rings. The second-order valence-electron chi connectivity index (χ2n) is 5.99. The van der Waals surface area contributed by atoms with Crippen molar-refractivity contribution in [1.82, 2.24) is 0 Å². The Balaban J connectivity index is 2.19. The van der Waals surface area contributed by atoms with E-state index in [9.17, 15) is 18.0 Å². The van der Waals surface area contributed by atoms with Crippen LogP contribution < -0.4 is 5.32 Å². The number of carbonyl (C=O) groups is 2. The summed E-state index contributed by atoms with van der Waals surface area (Å²) in [6.45, 7) is 3.68. The summed E-state index contributed by atoms with van der Waals surface area (Å²) in [6.07, 6.45) is 1.37. The minimum absolute atomic E-state index is 0.0725. The van der Waals surface area contributed by atoms with Crippen LogP contribution in [0.25, 0.3) is 0 Å². The minimum Gasteiger partial charge on any atom is -0.478 e. The first-order valence-electron chi connectivity index (χ1n) is 8.22. The molecule has 0 unspecified atom stereocenters. The first-order chi connectivity index (χ1) is 12.2. The van der Waals surface area contributed by atoms with Crippen LogP contribution in [-0.2, 0) is 9.84 Å². The average molecular weight is 375 g/mol. The van der Waals surface area contributed by atoms with Crippen molar-refractivity contribution in [3.05, 3.63) is 59.2 Å². The number of hydrogen-bond donors (Lipinski definition) is 2.